The molecule has 1 aliphatic heterocycles. The van der Waals surface area contributed by atoms with Crippen molar-refractivity contribution in [1.29, 1.82) is 0 Å². The molecule has 1 aromatic heterocycles. The molecule has 2 aromatic carbocycles. The number of para-hydroxylation sites is 1. The maximum Gasteiger partial charge on any atom is 0.338 e. The molecule has 4 rings (SSSR count). The molecule has 0 unspecified atom stereocenters. The highest BCUT2D eigenvalue weighted by Crippen LogP contribution is 2.41. The fourth-order valence-electron chi connectivity index (χ4n) is 4.58. The van der Waals surface area contributed by atoms with Gasteiger partial charge in [-0.25, -0.2) is 9.79 Å². The summed E-state index contributed by atoms with van der Waals surface area (Å²) >= 11 is 4.72. The Balaban J connectivity index is 1.98. The lowest BCUT2D eigenvalue weighted by Gasteiger charge is -2.27. The fraction of sp³-hybridized carbons (Fsp3) is 0.367. The zero-order valence-corrected chi connectivity index (χ0v) is 26.7. The molecule has 2 heterocycles. The SMILES string of the molecule is CCCOc1c(OC)cccc1[C@@H]1C(C(=O)OCCOC)=C(C)N=c2s/c(=C/c3cc(Br)c(OC)cc3OC)c(=O)n21. The Kier molecular flexibility index (Phi) is 10.5. The zero-order valence-electron chi connectivity index (χ0n) is 24.3. The van der Waals surface area contributed by atoms with Crippen LogP contribution in [-0.2, 0) is 14.3 Å². The van der Waals surface area contributed by atoms with Crippen LogP contribution in [-0.4, -0.2) is 58.8 Å². The van der Waals surface area contributed by atoms with Crippen molar-refractivity contribution < 1.29 is 33.2 Å². The number of thiazole rings is 1. The molecule has 0 saturated heterocycles. The van der Waals surface area contributed by atoms with Crippen LogP contribution in [0.4, 0.5) is 0 Å². The van der Waals surface area contributed by atoms with Gasteiger partial charge in [0.2, 0.25) is 0 Å². The molecule has 224 valence electrons. The van der Waals surface area contributed by atoms with Gasteiger partial charge in [-0.05, 0) is 47.5 Å². The summed E-state index contributed by atoms with van der Waals surface area (Å²) in [5.41, 5.74) is 1.56. The van der Waals surface area contributed by atoms with Crippen molar-refractivity contribution in [2.75, 3.05) is 48.3 Å². The second kappa shape index (κ2) is 14.0. The number of esters is 1. The maximum absolute atomic E-state index is 14.2. The molecule has 10 nitrogen and oxygen atoms in total. The molecule has 1 atom stereocenters. The predicted octanol–water partition coefficient (Wildman–Crippen LogP) is 4.00. The lowest BCUT2D eigenvalue weighted by atomic mass is 9.94. The van der Waals surface area contributed by atoms with Crippen LogP contribution in [0.2, 0.25) is 0 Å². The second-order valence-corrected chi connectivity index (χ2v) is 11.0. The molecular weight excluding hydrogens is 628 g/mol. The minimum Gasteiger partial charge on any atom is -0.496 e. The summed E-state index contributed by atoms with van der Waals surface area (Å²) in [7, 11) is 6.18. The van der Waals surface area contributed by atoms with E-state index in [1.54, 1.807) is 52.5 Å². The predicted molar refractivity (Wildman–Crippen MR) is 163 cm³/mol. The summed E-state index contributed by atoms with van der Waals surface area (Å²) < 4.78 is 35.9. The summed E-state index contributed by atoms with van der Waals surface area (Å²) in [6.07, 6.45) is 2.49. The highest BCUT2D eigenvalue weighted by molar-refractivity contribution is 9.10. The molecule has 0 amide bonds. The molecule has 0 fully saturated rings. The highest BCUT2D eigenvalue weighted by atomic mass is 79.9. The van der Waals surface area contributed by atoms with Gasteiger partial charge in [0.1, 0.15) is 24.1 Å². The van der Waals surface area contributed by atoms with E-state index in [4.69, 9.17) is 28.4 Å². The number of carbonyl (C=O) groups is 1. The van der Waals surface area contributed by atoms with E-state index >= 15 is 0 Å². The Morgan fingerprint density at radius 1 is 1.05 bits per heavy atom. The molecule has 0 spiro atoms. The number of methoxy groups -OCH3 is 4. The van der Waals surface area contributed by atoms with Gasteiger partial charge in [0.05, 0.1) is 54.8 Å². The number of carbonyl (C=O) groups excluding carboxylic acids is 1. The Labute approximate surface area is 255 Å². The summed E-state index contributed by atoms with van der Waals surface area (Å²) in [5.74, 6) is 1.45. The van der Waals surface area contributed by atoms with Gasteiger partial charge in [-0.1, -0.05) is 30.4 Å². The molecule has 0 saturated carbocycles. The van der Waals surface area contributed by atoms with E-state index in [9.17, 15) is 9.59 Å². The normalized spacial score (nSPS) is 14.7. The molecule has 0 radical (unpaired) electrons. The summed E-state index contributed by atoms with van der Waals surface area (Å²) in [6, 6.07) is 8.06. The van der Waals surface area contributed by atoms with Gasteiger partial charge in [-0.15, -0.1) is 0 Å². The lowest BCUT2D eigenvalue weighted by Crippen LogP contribution is -2.40. The van der Waals surface area contributed by atoms with Crippen LogP contribution in [0.15, 0.2) is 55.9 Å². The molecule has 3 aromatic rings. The number of hydrogen-bond donors (Lipinski definition) is 0. The first-order valence-corrected chi connectivity index (χ1v) is 14.8. The van der Waals surface area contributed by atoms with Crippen LogP contribution in [0.3, 0.4) is 0 Å². The van der Waals surface area contributed by atoms with Crippen LogP contribution in [0.1, 0.15) is 37.4 Å². The Morgan fingerprint density at radius 3 is 2.45 bits per heavy atom. The van der Waals surface area contributed by atoms with E-state index in [1.807, 2.05) is 19.1 Å². The number of allylic oxidation sites excluding steroid dienone is 1. The van der Waals surface area contributed by atoms with Gasteiger partial charge >= 0.3 is 5.97 Å². The van der Waals surface area contributed by atoms with E-state index in [2.05, 4.69) is 20.9 Å². The average Bonchev–Trinajstić information content (AvgIpc) is 3.29. The number of fused-ring (bicyclic) bond motifs is 1. The minimum absolute atomic E-state index is 0.0483. The first kappa shape index (κ1) is 31.3. The fourth-order valence-corrected chi connectivity index (χ4v) is 6.14. The van der Waals surface area contributed by atoms with Crippen molar-refractivity contribution in [3.63, 3.8) is 0 Å². The van der Waals surface area contributed by atoms with Crippen LogP contribution in [0.25, 0.3) is 6.08 Å². The second-order valence-electron chi connectivity index (χ2n) is 9.17. The third-order valence-corrected chi connectivity index (χ3v) is 8.13. The van der Waals surface area contributed by atoms with Gasteiger partial charge < -0.3 is 28.4 Å². The van der Waals surface area contributed by atoms with E-state index in [0.29, 0.717) is 60.2 Å². The van der Waals surface area contributed by atoms with Gasteiger partial charge in [-0.2, -0.15) is 0 Å². The molecule has 0 aliphatic carbocycles. The molecule has 42 heavy (non-hydrogen) atoms. The Bertz CT molecular complexity index is 1680. The summed E-state index contributed by atoms with van der Waals surface area (Å²) in [5, 5.41) is 0. The van der Waals surface area contributed by atoms with E-state index in [-0.39, 0.29) is 24.3 Å². The Hall–Kier alpha value is -3.61. The third kappa shape index (κ3) is 6.25. The monoisotopic (exact) mass is 660 g/mol. The smallest absolute Gasteiger partial charge is 0.338 e. The van der Waals surface area contributed by atoms with Gasteiger partial charge in [-0.3, -0.25) is 9.36 Å². The van der Waals surface area contributed by atoms with Crippen molar-refractivity contribution in [2.45, 2.75) is 26.3 Å². The van der Waals surface area contributed by atoms with Crippen molar-refractivity contribution >= 4 is 39.3 Å². The minimum atomic E-state index is -0.884. The quantitative estimate of drug-likeness (QED) is 0.212. The zero-order chi connectivity index (χ0) is 30.4. The molecule has 0 bridgehead atoms. The summed E-state index contributed by atoms with van der Waals surface area (Å²) in [6.45, 7) is 4.41. The van der Waals surface area contributed by atoms with E-state index in [1.165, 1.54) is 23.0 Å². The standard InChI is InChI=1S/C30H33BrN2O8S/c1-7-11-40-27-19(9-8-10-21(27)37-4)26-25(29(35)41-13-12-36-3)17(2)32-30-33(26)28(34)24(42-30)15-18-14-20(31)23(39-6)16-22(18)38-5/h8-10,14-16,26H,7,11-13H2,1-6H3/b24-15+/t26-/m1/s1. The largest absolute Gasteiger partial charge is 0.496 e. The van der Waals surface area contributed by atoms with Crippen molar-refractivity contribution in [3.8, 4) is 23.0 Å². The van der Waals surface area contributed by atoms with Gasteiger partial charge in [0.25, 0.3) is 5.56 Å². The van der Waals surface area contributed by atoms with Crippen LogP contribution in [0, 0.1) is 0 Å². The van der Waals surface area contributed by atoms with Gasteiger partial charge in [0, 0.05) is 24.3 Å². The number of rotatable bonds is 12. The molecule has 1 aliphatic rings. The van der Waals surface area contributed by atoms with Crippen LogP contribution in [0.5, 0.6) is 23.0 Å². The third-order valence-electron chi connectivity index (χ3n) is 6.53. The number of ether oxygens (including phenoxy) is 6. The lowest BCUT2D eigenvalue weighted by molar-refractivity contribution is -0.140. The number of hydrogen-bond acceptors (Lipinski definition) is 10. The number of nitrogens with zero attached hydrogens (tertiary/aromatic N) is 2. The first-order valence-electron chi connectivity index (χ1n) is 13.2. The van der Waals surface area contributed by atoms with Crippen molar-refractivity contribution in [2.24, 2.45) is 4.99 Å². The van der Waals surface area contributed by atoms with E-state index in [0.717, 1.165) is 6.42 Å². The van der Waals surface area contributed by atoms with Crippen molar-refractivity contribution in [1.82, 2.24) is 4.57 Å². The maximum atomic E-state index is 14.2. The molecular formula is C30H33BrN2O8S. The average molecular weight is 662 g/mol. The van der Waals surface area contributed by atoms with Crippen molar-refractivity contribution in [3.05, 3.63) is 76.9 Å². The number of aromatic nitrogens is 1. The number of benzene rings is 2. The number of halogens is 1. The van der Waals surface area contributed by atoms with Crippen LogP contribution >= 0.6 is 27.3 Å². The Morgan fingerprint density at radius 2 is 1.79 bits per heavy atom. The van der Waals surface area contributed by atoms with Crippen LogP contribution < -0.4 is 33.8 Å². The van der Waals surface area contributed by atoms with Gasteiger partial charge in [0.15, 0.2) is 16.3 Å². The first-order chi connectivity index (χ1) is 20.3. The molecule has 12 heteroatoms. The topological polar surface area (TPSA) is 107 Å². The molecule has 0 N–H and O–H groups in total. The van der Waals surface area contributed by atoms with E-state index < -0.39 is 12.0 Å². The highest BCUT2D eigenvalue weighted by Gasteiger charge is 2.36. The summed E-state index contributed by atoms with van der Waals surface area (Å²) in [4.78, 5) is 32.8.